The third-order valence-electron chi connectivity index (χ3n) is 1.99. The van der Waals surface area contributed by atoms with E-state index in [-0.39, 0.29) is 23.7 Å². The minimum Gasteiger partial charge on any atom is -0.300 e. The SMILES string of the molecule is CC(=O)CCS(=O)(=O)Cc1ccccc1. The molecule has 82 valence electrons. The molecule has 0 unspecified atom stereocenters. The zero-order valence-corrected chi connectivity index (χ0v) is 9.46. The van der Waals surface area contributed by atoms with E-state index in [0.717, 1.165) is 5.56 Å². The van der Waals surface area contributed by atoms with Gasteiger partial charge in [-0.2, -0.15) is 0 Å². The van der Waals surface area contributed by atoms with Crippen molar-refractivity contribution in [3.63, 3.8) is 0 Å². The number of ketones is 1. The highest BCUT2D eigenvalue weighted by atomic mass is 32.2. The number of Topliss-reactive ketones (excluding diaryl/α,β-unsaturated/α-hetero) is 1. The molecule has 0 aliphatic rings. The summed E-state index contributed by atoms with van der Waals surface area (Å²) >= 11 is 0. The van der Waals surface area contributed by atoms with Gasteiger partial charge in [-0.25, -0.2) is 8.42 Å². The number of benzene rings is 1. The van der Waals surface area contributed by atoms with E-state index >= 15 is 0 Å². The van der Waals surface area contributed by atoms with Gasteiger partial charge in [0.25, 0.3) is 0 Å². The van der Waals surface area contributed by atoms with Crippen LogP contribution in [0.1, 0.15) is 18.9 Å². The van der Waals surface area contributed by atoms with Gasteiger partial charge >= 0.3 is 0 Å². The maximum Gasteiger partial charge on any atom is 0.154 e. The Bertz CT molecular complexity index is 420. The van der Waals surface area contributed by atoms with Gasteiger partial charge < -0.3 is 0 Å². The van der Waals surface area contributed by atoms with Crippen LogP contribution in [0.3, 0.4) is 0 Å². The van der Waals surface area contributed by atoms with Crippen LogP contribution < -0.4 is 0 Å². The van der Waals surface area contributed by atoms with Crippen molar-refractivity contribution in [1.82, 2.24) is 0 Å². The van der Waals surface area contributed by atoms with Crippen molar-refractivity contribution in [2.75, 3.05) is 5.75 Å². The van der Waals surface area contributed by atoms with Crippen molar-refractivity contribution in [2.24, 2.45) is 0 Å². The Kier molecular flexibility index (Phi) is 4.03. The summed E-state index contributed by atoms with van der Waals surface area (Å²) < 4.78 is 23.1. The lowest BCUT2D eigenvalue weighted by Gasteiger charge is -2.02. The Balaban J connectivity index is 2.61. The van der Waals surface area contributed by atoms with Crippen LogP contribution in [0.25, 0.3) is 0 Å². The monoisotopic (exact) mass is 226 g/mol. The third-order valence-corrected chi connectivity index (χ3v) is 3.59. The molecule has 1 aromatic carbocycles. The number of rotatable bonds is 5. The quantitative estimate of drug-likeness (QED) is 0.766. The molecule has 0 spiro atoms. The first-order chi connectivity index (χ1) is 6.99. The summed E-state index contributed by atoms with van der Waals surface area (Å²) in [6.45, 7) is 1.40. The number of hydrogen-bond acceptors (Lipinski definition) is 3. The lowest BCUT2D eigenvalue weighted by molar-refractivity contribution is -0.116. The molecular weight excluding hydrogens is 212 g/mol. The molecule has 3 nitrogen and oxygen atoms in total. The average molecular weight is 226 g/mol. The molecule has 4 heteroatoms. The lowest BCUT2D eigenvalue weighted by atomic mass is 10.2. The highest BCUT2D eigenvalue weighted by molar-refractivity contribution is 7.90. The van der Waals surface area contributed by atoms with Crippen molar-refractivity contribution in [1.29, 1.82) is 0 Å². The number of sulfone groups is 1. The van der Waals surface area contributed by atoms with Crippen LogP contribution in [0.15, 0.2) is 30.3 Å². The van der Waals surface area contributed by atoms with Crippen LogP contribution in [0, 0.1) is 0 Å². The van der Waals surface area contributed by atoms with Crippen LogP contribution in [0.5, 0.6) is 0 Å². The smallest absolute Gasteiger partial charge is 0.154 e. The lowest BCUT2D eigenvalue weighted by Crippen LogP contribution is -2.11. The maximum absolute atomic E-state index is 11.6. The van der Waals surface area contributed by atoms with Gasteiger partial charge in [-0.3, -0.25) is 4.79 Å². The summed E-state index contributed by atoms with van der Waals surface area (Å²) in [7, 11) is -3.15. The third kappa shape index (κ3) is 4.74. The molecule has 0 aromatic heterocycles. The highest BCUT2D eigenvalue weighted by Gasteiger charge is 2.12. The van der Waals surface area contributed by atoms with Crippen molar-refractivity contribution in [2.45, 2.75) is 19.1 Å². The summed E-state index contributed by atoms with van der Waals surface area (Å²) in [4.78, 5) is 10.7. The van der Waals surface area contributed by atoms with Crippen LogP contribution in [-0.4, -0.2) is 20.0 Å². The van der Waals surface area contributed by atoms with E-state index in [1.807, 2.05) is 6.07 Å². The first kappa shape index (κ1) is 11.9. The van der Waals surface area contributed by atoms with Gasteiger partial charge in [0.2, 0.25) is 0 Å². The molecule has 0 saturated heterocycles. The van der Waals surface area contributed by atoms with Gasteiger partial charge in [0.15, 0.2) is 9.84 Å². The van der Waals surface area contributed by atoms with E-state index in [9.17, 15) is 13.2 Å². The molecule has 0 saturated carbocycles. The molecule has 0 atom stereocenters. The fourth-order valence-electron chi connectivity index (χ4n) is 1.20. The first-order valence-electron chi connectivity index (χ1n) is 4.73. The van der Waals surface area contributed by atoms with Crippen LogP contribution >= 0.6 is 0 Å². The highest BCUT2D eigenvalue weighted by Crippen LogP contribution is 2.07. The molecule has 1 rings (SSSR count). The van der Waals surface area contributed by atoms with Crippen molar-refractivity contribution in [3.05, 3.63) is 35.9 Å². The van der Waals surface area contributed by atoms with E-state index in [2.05, 4.69) is 0 Å². The van der Waals surface area contributed by atoms with E-state index in [4.69, 9.17) is 0 Å². The van der Waals surface area contributed by atoms with Gasteiger partial charge in [-0.1, -0.05) is 30.3 Å². The first-order valence-corrected chi connectivity index (χ1v) is 6.55. The van der Waals surface area contributed by atoms with Gasteiger partial charge in [0, 0.05) is 6.42 Å². The minimum atomic E-state index is -3.15. The fraction of sp³-hybridized carbons (Fsp3) is 0.364. The molecular formula is C11H14O3S. The second kappa shape index (κ2) is 5.07. The van der Waals surface area contributed by atoms with E-state index < -0.39 is 9.84 Å². The van der Waals surface area contributed by atoms with Crippen LogP contribution in [0.4, 0.5) is 0 Å². The zero-order chi connectivity index (χ0) is 11.3. The summed E-state index contributed by atoms with van der Waals surface area (Å²) in [6.07, 6.45) is 0.106. The van der Waals surface area contributed by atoms with Crippen molar-refractivity contribution in [3.8, 4) is 0 Å². The largest absolute Gasteiger partial charge is 0.300 e. The summed E-state index contributed by atoms with van der Waals surface area (Å²) in [5.41, 5.74) is 0.765. The fourth-order valence-corrected chi connectivity index (χ4v) is 2.64. The van der Waals surface area contributed by atoms with Gasteiger partial charge in [0.05, 0.1) is 11.5 Å². The van der Waals surface area contributed by atoms with Crippen LogP contribution in [0.2, 0.25) is 0 Å². The Morgan fingerprint density at radius 1 is 1.20 bits per heavy atom. The molecule has 15 heavy (non-hydrogen) atoms. The molecule has 0 aliphatic heterocycles. The molecule has 1 aromatic rings. The van der Waals surface area contributed by atoms with Gasteiger partial charge in [-0.15, -0.1) is 0 Å². The standard InChI is InChI=1S/C11H14O3S/c1-10(12)7-8-15(13,14)9-11-5-3-2-4-6-11/h2-6H,7-9H2,1H3. The van der Waals surface area contributed by atoms with E-state index in [1.54, 1.807) is 24.3 Å². The molecule has 0 heterocycles. The summed E-state index contributed by atoms with van der Waals surface area (Å²) in [6, 6.07) is 8.98. The Morgan fingerprint density at radius 2 is 1.80 bits per heavy atom. The predicted octanol–water partition coefficient (Wildman–Crippen LogP) is 1.58. The molecule has 0 fully saturated rings. The Hall–Kier alpha value is -1.16. The summed E-state index contributed by atoms with van der Waals surface area (Å²) in [5.74, 6) is -0.134. The average Bonchev–Trinajstić information content (AvgIpc) is 2.16. The molecule has 0 aliphatic carbocycles. The zero-order valence-electron chi connectivity index (χ0n) is 8.64. The number of carbonyl (C=O) groups is 1. The second-order valence-electron chi connectivity index (χ2n) is 3.53. The minimum absolute atomic E-state index is 0.0150. The second-order valence-corrected chi connectivity index (χ2v) is 5.71. The molecule has 0 radical (unpaired) electrons. The van der Waals surface area contributed by atoms with Crippen molar-refractivity contribution >= 4 is 15.6 Å². The summed E-state index contributed by atoms with van der Waals surface area (Å²) in [5, 5.41) is 0. The normalized spacial score (nSPS) is 11.3. The van der Waals surface area contributed by atoms with Gasteiger partial charge in [-0.05, 0) is 12.5 Å². The number of carbonyl (C=O) groups excluding carboxylic acids is 1. The van der Waals surface area contributed by atoms with Crippen LogP contribution in [-0.2, 0) is 20.4 Å². The maximum atomic E-state index is 11.6. The topological polar surface area (TPSA) is 51.2 Å². The number of hydrogen-bond donors (Lipinski definition) is 0. The van der Waals surface area contributed by atoms with Gasteiger partial charge in [0.1, 0.15) is 5.78 Å². The van der Waals surface area contributed by atoms with E-state index in [1.165, 1.54) is 6.92 Å². The Morgan fingerprint density at radius 3 is 2.33 bits per heavy atom. The predicted molar refractivity (Wildman–Crippen MR) is 59.2 cm³/mol. The molecule has 0 bridgehead atoms. The van der Waals surface area contributed by atoms with E-state index in [0.29, 0.717) is 0 Å². The molecule has 0 amide bonds. The Labute approximate surface area is 90.0 Å². The van der Waals surface area contributed by atoms with Crippen molar-refractivity contribution < 1.29 is 13.2 Å². The molecule has 0 N–H and O–H groups in total.